The largest absolute Gasteiger partial charge is 0.480 e. The number of aromatic nitrogens is 3. The Morgan fingerprint density at radius 1 is 1.38 bits per heavy atom. The van der Waals surface area contributed by atoms with Gasteiger partial charge >= 0.3 is 5.97 Å². The Bertz CT molecular complexity index is 784. The average molecular weight is 372 g/mol. The second-order valence-corrected chi connectivity index (χ2v) is 5.46. The number of rotatable bonds is 3. The summed E-state index contributed by atoms with van der Waals surface area (Å²) in [7, 11) is 0. The quantitative estimate of drug-likeness (QED) is 0.730. The summed E-state index contributed by atoms with van der Waals surface area (Å²) in [5.74, 6) is -0.304. The van der Waals surface area contributed by atoms with Gasteiger partial charge in [0.05, 0.1) is 0 Å². The van der Waals surface area contributed by atoms with Crippen molar-refractivity contribution in [3.05, 3.63) is 39.9 Å². The lowest BCUT2D eigenvalue weighted by Gasteiger charge is -2.32. The molecule has 2 aromatic rings. The van der Waals surface area contributed by atoms with E-state index in [1.54, 1.807) is 29.4 Å². The number of anilines is 1. The van der Waals surface area contributed by atoms with Crippen LogP contribution in [0.4, 0.5) is 5.82 Å². The molecule has 128 valence electrons. The van der Waals surface area contributed by atoms with Crippen molar-refractivity contribution in [2.75, 3.05) is 24.5 Å². The molecule has 0 spiro atoms. The van der Waals surface area contributed by atoms with Gasteiger partial charge in [-0.25, -0.2) is 4.98 Å². The fraction of sp³-hybridized carbons (Fsp3) is 0.286. The van der Waals surface area contributed by atoms with Crippen LogP contribution in [0.2, 0.25) is 5.02 Å². The Morgan fingerprint density at radius 2 is 2.08 bits per heavy atom. The molecule has 3 rings (SSSR count). The molecule has 0 unspecified atom stereocenters. The number of halogens is 2. The van der Waals surface area contributed by atoms with E-state index >= 15 is 0 Å². The standard InChI is InChI=1S/C14H14ClN5O3.ClH/c15-10-12(20-6-5-17-9(7-20)14(22)23)18-11(19-13(10)21)8-1-3-16-4-2-8;/h1-4,9,17H,5-7H2,(H,22,23)(H,18,19,21);1H/t9-;/m0./s1. The molecule has 0 amide bonds. The second-order valence-electron chi connectivity index (χ2n) is 5.08. The Balaban J connectivity index is 0.00000208. The third-order valence-electron chi connectivity index (χ3n) is 3.57. The first-order chi connectivity index (χ1) is 11.1. The topological polar surface area (TPSA) is 111 Å². The number of carboxylic acids is 1. The van der Waals surface area contributed by atoms with E-state index in [9.17, 15) is 9.59 Å². The van der Waals surface area contributed by atoms with Gasteiger partial charge in [-0.15, -0.1) is 12.4 Å². The van der Waals surface area contributed by atoms with Crippen molar-refractivity contribution in [3.63, 3.8) is 0 Å². The van der Waals surface area contributed by atoms with E-state index in [0.717, 1.165) is 0 Å². The number of piperazine rings is 1. The van der Waals surface area contributed by atoms with E-state index in [0.29, 0.717) is 24.5 Å². The minimum atomic E-state index is -0.954. The predicted octanol–water partition coefficient (Wildman–Crippen LogP) is 0.770. The molecule has 3 N–H and O–H groups in total. The van der Waals surface area contributed by atoms with Crippen LogP contribution < -0.4 is 15.8 Å². The molecule has 0 saturated carbocycles. The van der Waals surface area contributed by atoms with Gasteiger partial charge in [-0.05, 0) is 12.1 Å². The van der Waals surface area contributed by atoms with Crippen molar-refractivity contribution in [2.24, 2.45) is 0 Å². The molecule has 0 radical (unpaired) electrons. The number of nitrogens with zero attached hydrogens (tertiary/aromatic N) is 3. The summed E-state index contributed by atoms with van der Waals surface area (Å²) >= 11 is 6.09. The van der Waals surface area contributed by atoms with E-state index in [1.165, 1.54) is 0 Å². The molecular formula is C14H15Cl2N5O3. The lowest BCUT2D eigenvalue weighted by atomic mass is 10.2. The molecule has 24 heavy (non-hydrogen) atoms. The predicted molar refractivity (Wildman–Crippen MR) is 92.0 cm³/mol. The number of H-pyrrole nitrogens is 1. The highest BCUT2D eigenvalue weighted by Crippen LogP contribution is 2.23. The number of aromatic amines is 1. The molecule has 1 fully saturated rings. The SMILES string of the molecule is Cl.O=C(O)[C@@H]1CN(c2nc(-c3ccncc3)[nH]c(=O)c2Cl)CCN1. The molecule has 0 aromatic carbocycles. The second kappa shape index (κ2) is 7.61. The number of hydrogen-bond acceptors (Lipinski definition) is 6. The monoisotopic (exact) mass is 371 g/mol. The molecule has 1 saturated heterocycles. The number of pyridine rings is 1. The molecule has 0 aliphatic carbocycles. The van der Waals surface area contributed by atoms with Crippen molar-refractivity contribution < 1.29 is 9.90 Å². The van der Waals surface area contributed by atoms with Crippen LogP contribution in [0.5, 0.6) is 0 Å². The van der Waals surface area contributed by atoms with Gasteiger partial charge in [0.1, 0.15) is 16.9 Å². The van der Waals surface area contributed by atoms with Gasteiger partial charge in [-0.2, -0.15) is 0 Å². The number of nitrogens with one attached hydrogen (secondary N) is 2. The molecule has 1 aliphatic rings. The van der Waals surface area contributed by atoms with Crippen LogP contribution >= 0.6 is 24.0 Å². The summed E-state index contributed by atoms with van der Waals surface area (Å²) < 4.78 is 0. The van der Waals surface area contributed by atoms with Gasteiger partial charge in [0.2, 0.25) is 0 Å². The summed E-state index contributed by atoms with van der Waals surface area (Å²) in [4.78, 5) is 35.9. The highest BCUT2D eigenvalue weighted by molar-refractivity contribution is 6.32. The average Bonchev–Trinajstić information content (AvgIpc) is 2.58. The van der Waals surface area contributed by atoms with Crippen molar-refractivity contribution in [1.29, 1.82) is 0 Å². The maximum absolute atomic E-state index is 12.1. The van der Waals surface area contributed by atoms with Crippen LogP contribution in [-0.4, -0.2) is 51.7 Å². The zero-order chi connectivity index (χ0) is 16.4. The van der Waals surface area contributed by atoms with Gasteiger partial charge in [-0.1, -0.05) is 11.6 Å². The van der Waals surface area contributed by atoms with Gasteiger partial charge in [-0.3, -0.25) is 14.6 Å². The van der Waals surface area contributed by atoms with Gasteiger partial charge in [0.15, 0.2) is 5.82 Å². The summed E-state index contributed by atoms with van der Waals surface area (Å²) in [5.41, 5.74) is 0.230. The van der Waals surface area contributed by atoms with E-state index in [-0.39, 0.29) is 29.8 Å². The lowest BCUT2D eigenvalue weighted by Crippen LogP contribution is -2.54. The van der Waals surface area contributed by atoms with Crippen LogP contribution in [0, 0.1) is 0 Å². The van der Waals surface area contributed by atoms with Crippen molar-refractivity contribution in [2.45, 2.75) is 6.04 Å². The van der Waals surface area contributed by atoms with E-state index in [2.05, 4.69) is 20.3 Å². The molecule has 3 heterocycles. The van der Waals surface area contributed by atoms with E-state index in [1.807, 2.05) is 0 Å². The minimum absolute atomic E-state index is 0. The first-order valence-corrected chi connectivity index (χ1v) is 7.35. The number of carbonyl (C=O) groups is 1. The Hall–Kier alpha value is -2.16. The highest BCUT2D eigenvalue weighted by Gasteiger charge is 2.27. The van der Waals surface area contributed by atoms with Crippen LogP contribution in [0.25, 0.3) is 11.4 Å². The lowest BCUT2D eigenvalue weighted by molar-refractivity contribution is -0.139. The first-order valence-electron chi connectivity index (χ1n) is 6.97. The Labute approximate surface area is 148 Å². The number of hydrogen-bond donors (Lipinski definition) is 3. The van der Waals surface area contributed by atoms with E-state index in [4.69, 9.17) is 16.7 Å². The zero-order valence-electron chi connectivity index (χ0n) is 12.4. The van der Waals surface area contributed by atoms with Crippen molar-refractivity contribution in [3.8, 4) is 11.4 Å². The molecule has 2 aromatic heterocycles. The van der Waals surface area contributed by atoms with Crippen LogP contribution in [-0.2, 0) is 4.79 Å². The molecule has 0 bridgehead atoms. The molecule has 10 heteroatoms. The summed E-state index contributed by atoms with van der Waals surface area (Å²) in [6.45, 7) is 1.16. The summed E-state index contributed by atoms with van der Waals surface area (Å²) in [6, 6.07) is 2.70. The van der Waals surface area contributed by atoms with E-state index < -0.39 is 17.6 Å². The fourth-order valence-corrected chi connectivity index (χ4v) is 2.62. The molecular weight excluding hydrogens is 357 g/mol. The minimum Gasteiger partial charge on any atom is -0.480 e. The van der Waals surface area contributed by atoms with Crippen molar-refractivity contribution >= 4 is 35.8 Å². The van der Waals surface area contributed by atoms with Crippen LogP contribution in [0.15, 0.2) is 29.3 Å². The third-order valence-corrected chi connectivity index (χ3v) is 3.91. The normalized spacial score (nSPS) is 17.2. The van der Waals surface area contributed by atoms with Crippen LogP contribution in [0.3, 0.4) is 0 Å². The highest BCUT2D eigenvalue weighted by atomic mass is 35.5. The van der Waals surface area contributed by atoms with Crippen molar-refractivity contribution in [1.82, 2.24) is 20.3 Å². The maximum Gasteiger partial charge on any atom is 0.322 e. The Kier molecular flexibility index (Phi) is 5.76. The number of aliphatic carboxylic acids is 1. The first kappa shape index (κ1) is 18.2. The molecule has 1 aliphatic heterocycles. The zero-order valence-corrected chi connectivity index (χ0v) is 14.0. The Morgan fingerprint density at radius 3 is 2.75 bits per heavy atom. The van der Waals surface area contributed by atoms with Gasteiger partial charge < -0.3 is 20.3 Å². The smallest absolute Gasteiger partial charge is 0.322 e. The fourth-order valence-electron chi connectivity index (χ4n) is 2.41. The summed E-state index contributed by atoms with van der Waals surface area (Å²) in [6.07, 6.45) is 3.18. The van der Waals surface area contributed by atoms with Crippen LogP contribution in [0.1, 0.15) is 0 Å². The maximum atomic E-state index is 12.1. The van der Waals surface area contributed by atoms with Gasteiger partial charge in [0, 0.05) is 37.6 Å². The third kappa shape index (κ3) is 3.66. The van der Waals surface area contributed by atoms with Gasteiger partial charge in [0.25, 0.3) is 5.56 Å². The molecule has 1 atom stereocenters. The number of carboxylic acid groups (broad SMARTS) is 1. The summed E-state index contributed by atoms with van der Waals surface area (Å²) in [5, 5.41) is 12.0. The molecule has 8 nitrogen and oxygen atoms in total.